The molecule has 0 saturated carbocycles. The smallest absolute Gasteiger partial charge is 0.240 e. The Labute approximate surface area is 161 Å². The predicted octanol–water partition coefficient (Wildman–Crippen LogP) is 3.15. The quantitative estimate of drug-likeness (QED) is 0.751. The van der Waals surface area contributed by atoms with Gasteiger partial charge in [-0.25, -0.2) is 13.1 Å². The third kappa shape index (κ3) is 5.30. The number of sulfonamides is 1. The lowest BCUT2D eigenvalue weighted by Crippen LogP contribution is -2.37. The summed E-state index contributed by atoms with van der Waals surface area (Å²) >= 11 is 0. The number of carbonyl (C=O) groups is 1. The maximum absolute atomic E-state index is 12.5. The van der Waals surface area contributed by atoms with Gasteiger partial charge in [0, 0.05) is 20.0 Å². The average molecular weight is 391 g/mol. The number of benzene rings is 2. The molecule has 146 valence electrons. The maximum atomic E-state index is 12.5. The zero-order valence-corrected chi connectivity index (χ0v) is 16.9. The molecular weight excluding hydrogens is 364 g/mol. The number of para-hydroxylation sites is 2. The molecule has 7 heteroatoms. The first-order valence-electron chi connectivity index (χ1n) is 8.77. The van der Waals surface area contributed by atoms with Gasteiger partial charge in [0.05, 0.1) is 17.7 Å². The summed E-state index contributed by atoms with van der Waals surface area (Å²) in [5.41, 5.74) is 1.68. The molecule has 2 rings (SSSR count). The summed E-state index contributed by atoms with van der Waals surface area (Å²) in [5.74, 6) is 0.694. The minimum atomic E-state index is -3.64. The van der Waals surface area contributed by atoms with Crippen molar-refractivity contribution in [2.24, 2.45) is 0 Å². The van der Waals surface area contributed by atoms with Crippen molar-refractivity contribution in [2.75, 3.05) is 25.1 Å². The number of rotatable bonds is 8. The molecule has 0 aliphatic rings. The molecule has 0 heterocycles. The molecule has 0 saturated heterocycles. The number of hydrogen-bond donors (Lipinski definition) is 1. The number of methoxy groups -OCH3 is 1. The van der Waals surface area contributed by atoms with Gasteiger partial charge in [0.15, 0.2) is 0 Å². The molecule has 0 bridgehead atoms. The Morgan fingerprint density at radius 1 is 1.11 bits per heavy atom. The molecule has 6 nitrogen and oxygen atoms in total. The molecule has 2 aromatic carbocycles. The molecule has 0 unspecified atom stereocenters. The zero-order valence-electron chi connectivity index (χ0n) is 16.1. The van der Waals surface area contributed by atoms with Crippen molar-refractivity contribution in [3.63, 3.8) is 0 Å². The van der Waals surface area contributed by atoms with Crippen LogP contribution in [0.2, 0.25) is 0 Å². The molecule has 0 aliphatic carbocycles. The lowest BCUT2D eigenvalue weighted by atomic mass is 10.0. The number of carbonyl (C=O) groups excluding carboxylic acids is 1. The highest BCUT2D eigenvalue weighted by Gasteiger charge is 2.18. The number of nitrogens with zero attached hydrogens (tertiary/aromatic N) is 1. The van der Waals surface area contributed by atoms with Crippen molar-refractivity contribution < 1.29 is 17.9 Å². The van der Waals surface area contributed by atoms with E-state index in [2.05, 4.69) is 18.6 Å². The van der Waals surface area contributed by atoms with Crippen LogP contribution in [0, 0.1) is 0 Å². The molecule has 0 aromatic heterocycles. The van der Waals surface area contributed by atoms with Gasteiger partial charge in [-0.05, 0) is 35.7 Å². The highest BCUT2D eigenvalue weighted by atomic mass is 32.2. The summed E-state index contributed by atoms with van der Waals surface area (Å²) in [6.45, 7) is 5.82. The largest absolute Gasteiger partial charge is 0.495 e. The van der Waals surface area contributed by atoms with E-state index < -0.39 is 10.0 Å². The van der Waals surface area contributed by atoms with Gasteiger partial charge in [0.1, 0.15) is 5.75 Å². The summed E-state index contributed by atoms with van der Waals surface area (Å²) in [6.07, 6.45) is 0. The molecular formula is C20H26N2O4S. The minimum absolute atomic E-state index is 0.0892. The Morgan fingerprint density at radius 3 is 2.30 bits per heavy atom. The van der Waals surface area contributed by atoms with Crippen LogP contribution in [0.15, 0.2) is 53.4 Å². The standard InChI is InChI=1S/C20H26N2O4S/c1-15(2)17-9-11-18(12-10-17)27(24,25)21-13-14-22(16(3)23)19-7-5-6-8-20(19)26-4/h5-12,15,21H,13-14H2,1-4H3. The Balaban J connectivity index is 2.08. The molecule has 0 aliphatic heterocycles. The third-order valence-electron chi connectivity index (χ3n) is 4.24. The minimum Gasteiger partial charge on any atom is -0.495 e. The summed E-state index contributed by atoms with van der Waals surface area (Å²) in [4.78, 5) is 13.7. The highest BCUT2D eigenvalue weighted by Crippen LogP contribution is 2.27. The van der Waals surface area contributed by atoms with Gasteiger partial charge in [-0.3, -0.25) is 4.79 Å². The van der Waals surface area contributed by atoms with Crippen molar-refractivity contribution >= 4 is 21.6 Å². The van der Waals surface area contributed by atoms with Gasteiger partial charge in [-0.15, -0.1) is 0 Å². The molecule has 0 fully saturated rings. The van der Waals surface area contributed by atoms with Gasteiger partial charge < -0.3 is 9.64 Å². The van der Waals surface area contributed by atoms with Crippen LogP contribution in [0.5, 0.6) is 5.75 Å². The van der Waals surface area contributed by atoms with Crippen molar-refractivity contribution in [3.8, 4) is 5.75 Å². The van der Waals surface area contributed by atoms with Crippen molar-refractivity contribution in [1.82, 2.24) is 4.72 Å². The lowest BCUT2D eigenvalue weighted by molar-refractivity contribution is -0.116. The second-order valence-corrected chi connectivity index (χ2v) is 8.23. The second kappa shape index (κ2) is 9.01. The maximum Gasteiger partial charge on any atom is 0.240 e. The monoisotopic (exact) mass is 390 g/mol. The van der Waals surface area contributed by atoms with Crippen LogP contribution in [-0.2, 0) is 14.8 Å². The summed E-state index contributed by atoms with van der Waals surface area (Å²) < 4.78 is 32.8. The Bertz CT molecular complexity index is 877. The van der Waals surface area contributed by atoms with E-state index in [0.717, 1.165) is 5.56 Å². The molecule has 0 atom stereocenters. The van der Waals surface area contributed by atoms with E-state index in [0.29, 0.717) is 17.4 Å². The number of anilines is 1. The van der Waals surface area contributed by atoms with Gasteiger partial charge in [0.2, 0.25) is 15.9 Å². The SMILES string of the molecule is COc1ccccc1N(CCNS(=O)(=O)c1ccc(C(C)C)cc1)C(C)=O. The molecule has 1 N–H and O–H groups in total. The lowest BCUT2D eigenvalue weighted by Gasteiger charge is -2.23. The Morgan fingerprint density at radius 2 is 1.74 bits per heavy atom. The summed E-state index contributed by atoms with van der Waals surface area (Å²) in [6, 6.07) is 14.0. The van der Waals surface area contributed by atoms with E-state index in [-0.39, 0.29) is 23.9 Å². The molecule has 0 radical (unpaired) electrons. The van der Waals surface area contributed by atoms with Crippen LogP contribution in [0.1, 0.15) is 32.3 Å². The van der Waals surface area contributed by atoms with Crippen molar-refractivity contribution in [2.45, 2.75) is 31.6 Å². The molecule has 27 heavy (non-hydrogen) atoms. The fraction of sp³-hybridized carbons (Fsp3) is 0.350. The Hall–Kier alpha value is -2.38. The third-order valence-corrected chi connectivity index (χ3v) is 5.72. The second-order valence-electron chi connectivity index (χ2n) is 6.46. The average Bonchev–Trinajstić information content (AvgIpc) is 2.65. The van der Waals surface area contributed by atoms with Crippen molar-refractivity contribution in [3.05, 3.63) is 54.1 Å². The first-order valence-corrected chi connectivity index (χ1v) is 10.3. The Kier molecular flexibility index (Phi) is 6.98. The number of hydrogen-bond acceptors (Lipinski definition) is 4. The first kappa shape index (κ1) is 20.9. The van der Waals surface area contributed by atoms with Crippen molar-refractivity contribution in [1.29, 1.82) is 0 Å². The van der Waals surface area contributed by atoms with Gasteiger partial charge >= 0.3 is 0 Å². The van der Waals surface area contributed by atoms with Crippen LogP contribution < -0.4 is 14.4 Å². The summed E-state index contributed by atoms with van der Waals surface area (Å²) in [5, 5.41) is 0. The zero-order chi connectivity index (χ0) is 20.0. The van der Waals surface area contributed by atoms with E-state index in [4.69, 9.17) is 4.74 Å². The fourth-order valence-electron chi connectivity index (χ4n) is 2.71. The molecule has 1 amide bonds. The van der Waals surface area contributed by atoms with E-state index in [1.807, 2.05) is 18.2 Å². The van der Waals surface area contributed by atoms with Gasteiger partial charge in [-0.1, -0.05) is 38.1 Å². The van der Waals surface area contributed by atoms with Crippen LogP contribution in [0.3, 0.4) is 0 Å². The highest BCUT2D eigenvalue weighted by molar-refractivity contribution is 7.89. The van der Waals surface area contributed by atoms with E-state index in [1.54, 1.807) is 30.3 Å². The van der Waals surface area contributed by atoms with E-state index >= 15 is 0 Å². The first-order chi connectivity index (χ1) is 12.8. The topological polar surface area (TPSA) is 75.7 Å². The normalized spacial score (nSPS) is 11.4. The van der Waals surface area contributed by atoms with E-state index in [1.165, 1.54) is 18.9 Å². The number of ether oxygens (including phenoxy) is 1. The predicted molar refractivity (Wildman–Crippen MR) is 107 cm³/mol. The van der Waals surface area contributed by atoms with Gasteiger partial charge in [0.25, 0.3) is 0 Å². The van der Waals surface area contributed by atoms with Gasteiger partial charge in [-0.2, -0.15) is 0 Å². The van der Waals surface area contributed by atoms with Crippen LogP contribution in [0.25, 0.3) is 0 Å². The molecule has 2 aromatic rings. The number of nitrogens with one attached hydrogen (secondary N) is 1. The molecule has 0 spiro atoms. The fourth-order valence-corrected chi connectivity index (χ4v) is 3.73. The number of amides is 1. The van der Waals surface area contributed by atoms with Crippen LogP contribution >= 0.6 is 0 Å². The van der Waals surface area contributed by atoms with Crippen LogP contribution in [-0.4, -0.2) is 34.5 Å². The van der Waals surface area contributed by atoms with E-state index in [9.17, 15) is 13.2 Å². The van der Waals surface area contributed by atoms with Crippen LogP contribution in [0.4, 0.5) is 5.69 Å². The summed E-state index contributed by atoms with van der Waals surface area (Å²) in [7, 11) is -2.11.